The minimum atomic E-state index is -0.533. The molecule has 1 aliphatic heterocycles. The molecule has 0 radical (unpaired) electrons. The summed E-state index contributed by atoms with van der Waals surface area (Å²) in [5, 5.41) is 13.9. The van der Waals surface area contributed by atoms with Crippen molar-refractivity contribution in [2.24, 2.45) is 0 Å². The largest absolute Gasteiger partial charge is 0.495 e. The Labute approximate surface area is 227 Å². The van der Waals surface area contributed by atoms with Gasteiger partial charge in [-0.2, -0.15) is 0 Å². The molecule has 0 atom stereocenters. The van der Waals surface area contributed by atoms with Gasteiger partial charge in [0.15, 0.2) is 22.4 Å². The molecule has 194 valence electrons. The number of nitrogens with zero attached hydrogens (tertiary/aromatic N) is 2. The Kier molecular flexibility index (Phi) is 8.24. The highest BCUT2D eigenvalue weighted by molar-refractivity contribution is 8.27. The van der Waals surface area contributed by atoms with Crippen molar-refractivity contribution in [1.82, 2.24) is 0 Å². The zero-order valence-electron chi connectivity index (χ0n) is 20.2. The van der Waals surface area contributed by atoms with Crippen LogP contribution in [0, 0.1) is 10.1 Å². The van der Waals surface area contributed by atoms with Crippen molar-refractivity contribution in [3.63, 3.8) is 0 Å². The maximum Gasteiger partial charge on any atom is 0.271 e. The van der Waals surface area contributed by atoms with E-state index in [1.54, 1.807) is 54.6 Å². The number of hydrogen-bond acceptors (Lipinski definition) is 9. The van der Waals surface area contributed by atoms with Gasteiger partial charge in [0.2, 0.25) is 0 Å². The SMILES string of the molecule is COc1ccccc1NC(=O)COc1ccc(/C=C2/SC(=S)N(c3cccc([N+](=O)[O-])c3)C2=O)cc1OC. The number of benzene rings is 3. The van der Waals surface area contributed by atoms with E-state index in [1.807, 2.05) is 0 Å². The third kappa shape index (κ3) is 5.93. The topological polar surface area (TPSA) is 120 Å². The van der Waals surface area contributed by atoms with Crippen molar-refractivity contribution in [3.05, 3.63) is 87.3 Å². The molecule has 0 saturated carbocycles. The molecule has 1 heterocycles. The second kappa shape index (κ2) is 11.8. The minimum absolute atomic E-state index is 0.141. The van der Waals surface area contributed by atoms with Crippen molar-refractivity contribution in [1.29, 1.82) is 0 Å². The summed E-state index contributed by atoms with van der Waals surface area (Å²) in [4.78, 5) is 37.6. The Morgan fingerprint density at radius 2 is 1.82 bits per heavy atom. The Hall–Kier alpha value is -4.42. The molecule has 10 nitrogen and oxygen atoms in total. The fraction of sp³-hybridized carbons (Fsp3) is 0.115. The monoisotopic (exact) mass is 551 g/mol. The van der Waals surface area contributed by atoms with Gasteiger partial charge in [0.05, 0.1) is 35.4 Å². The lowest BCUT2D eigenvalue weighted by Crippen LogP contribution is -2.27. The Bertz CT molecular complexity index is 1460. The standard InChI is InChI=1S/C26H21N3O7S2/c1-34-20-9-4-3-8-19(20)27-24(30)15-36-21-11-10-16(12-22(21)35-2)13-23-25(31)28(26(37)38-23)17-6-5-7-18(14-17)29(32)33/h3-14H,15H2,1-2H3,(H,27,30)/b23-13+. The highest BCUT2D eigenvalue weighted by Gasteiger charge is 2.34. The highest BCUT2D eigenvalue weighted by Crippen LogP contribution is 2.38. The number of para-hydroxylation sites is 2. The van der Waals surface area contributed by atoms with Crippen LogP contribution in [0.3, 0.4) is 0 Å². The predicted molar refractivity (Wildman–Crippen MR) is 149 cm³/mol. The fourth-order valence-corrected chi connectivity index (χ4v) is 4.86. The van der Waals surface area contributed by atoms with Crippen LogP contribution in [0.2, 0.25) is 0 Å². The lowest BCUT2D eigenvalue weighted by atomic mass is 10.1. The van der Waals surface area contributed by atoms with Crippen molar-refractivity contribution < 1.29 is 28.7 Å². The van der Waals surface area contributed by atoms with Gasteiger partial charge in [-0.1, -0.05) is 48.2 Å². The maximum absolute atomic E-state index is 13.1. The lowest BCUT2D eigenvalue weighted by Gasteiger charge is -2.14. The minimum Gasteiger partial charge on any atom is -0.495 e. The number of amides is 2. The van der Waals surface area contributed by atoms with Gasteiger partial charge in [-0.3, -0.25) is 24.6 Å². The normalized spacial score (nSPS) is 13.9. The first-order chi connectivity index (χ1) is 18.3. The molecule has 2 amide bonds. The second-order valence-electron chi connectivity index (χ2n) is 7.74. The molecule has 1 N–H and O–H groups in total. The van der Waals surface area contributed by atoms with Gasteiger partial charge in [-0.25, -0.2) is 0 Å². The number of rotatable bonds is 9. The summed E-state index contributed by atoms with van der Waals surface area (Å²) in [5.74, 6) is 0.443. The summed E-state index contributed by atoms with van der Waals surface area (Å²) in [6.07, 6.45) is 1.64. The lowest BCUT2D eigenvalue weighted by molar-refractivity contribution is -0.384. The Balaban J connectivity index is 1.47. The maximum atomic E-state index is 13.1. The molecule has 3 aromatic carbocycles. The zero-order chi connectivity index (χ0) is 27.2. The molecule has 0 aromatic heterocycles. The smallest absolute Gasteiger partial charge is 0.271 e. The summed E-state index contributed by atoms with van der Waals surface area (Å²) in [6.45, 7) is -0.268. The molecule has 12 heteroatoms. The summed E-state index contributed by atoms with van der Waals surface area (Å²) < 4.78 is 16.6. The molecule has 1 aliphatic rings. The molecule has 0 unspecified atom stereocenters. The van der Waals surface area contributed by atoms with Crippen LogP contribution in [0.1, 0.15) is 5.56 Å². The van der Waals surface area contributed by atoms with Crippen LogP contribution in [0.5, 0.6) is 17.2 Å². The van der Waals surface area contributed by atoms with Crippen LogP contribution < -0.4 is 24.4 Å². The third-order valence-corrected chi connectivity index (χ3v) is 6.62. The molecular weight excluding hydrogens is 530 g/mol. The van der Waals surface area contributed by atoms with Crippen LogP contribution in [0.4, 0.5) is 17.1 Å². The van der Waals surface area contributed by atoms with Gasteiger partial charge in [0.25, 0.3) is 17.5 Å². The number of hydrogen-bond donors (Lipinski definition) is 1. The Morgan fingerprint density at radius 1 is 1.05 bits per heavy atom. The molecule has 1 saturated heterocycles. The van der Waals surface area contributed by atoms with Gasteiger partial charge >= 0.3 is 0 Å². The van der Waals surface area contributed by atoms with Crippen LogP contribution >= 0.6 is 24.0 Å². The molecular formula is C26H21N3O7S2. The van der Waals surface area contributed by atoms with E-state index >= 15 is 0 Å². The quantitative estimate of drug-likeness (QED) is 0.169. The summed E-state index contributed by atoms with van der Waals surface area (Å²) in [5.41, 5.74) is 1.33. The number of thioether (sulfide) groups is 1. The number of ether oxygens (including phenoxy) is 3. The molecule has 0 aliphatic carbocycles. The third-order valence-electron chi connectivity index (χ3n) is 5.32. The van der Waals surface area contributed by atoms with Gasteiger partial charge in [-0.15, -0.1) is 0 Å². The number of non-ortho nitro benzene ring substituents is 1. The van der Waals surface area contributed by atoms with Crippen molar-refractivity contribution in [3.8, 4) is 17.2 Å². The van der Waals surface area contributed by atoms with E-state index in [1.165, 1.54) is 37.3 Å². The van der Waals surface area contributed by atoms with Crippen LogP contribution in [0.15, 0.2) is 71.6 Å². The van der Waals surface area contributed by atoms with Crippen LogP contribution in [0.25, 0.3) is 6.08 Å². The zero-order valence-corrected chi connectivity index (χ0v) is 21.8. The average Bonchev–Trinajstić information content (AvgIpc) is 3.20. The van der Waals surface area contributed by atoms with Gasteiger partial charge in [-0.05, 0) is 42.0 Å². The van der Waals surface area contributed by atoms with E-state index in [4.69, 9.17) is 26.4 Å². The summed E-state index contributed by atoms with van der Waals surface area (Å²) >= 11 is 6.44. The van der Waals surface area contributed by atoms with E-state index in [2.05, 4.69) is 5.32 Å². The number of carbonyl (C=O) groups is 2. The summed E-state index contributed by atoms with van der Waals surface area (Å²) in [6, 6.07) is 17.7. The van der Waals surface area contributed by atoms with Crippen molar-refractivity contribution in [2.45, 2.75) is 0 Å². The number of nitrogens with one attached hydrogen (secondary N) is 1. The van der Waals surface area contributed by atoms with E-state index in [9.17, 15) is 19.7 Å². The average molecular weight is 552 g/mol. The van der Waals surface area contributed by atoms with Crippen molar-refractivity contribution in [2.75, 3.05) is 31.0 Å². The molecule has 38 heavy (non-hydrogen) atoms. The Morgan fingerprint density at radius 3 is 2.55 bits per heavy atom. The fourth-order valence-electron chi connectivity index (χ4n) is 3.56. The van der Waals surface area contributed by atoms with Crippen molar-refractivity contribution >= 4 is 63.3 Å². The van der Waals surface area contributed by atoms with E-state index in [-0.39, 0.29) is 22.5 Å². The number of methoxy groups -OCH3 is 2. The number of nitro groups is 1. The van der Waals surface area contributed by atoms with Gasteiger partial charge < -0.3 is 19.5 Å². The highest BCUT2D eigenvalue weighted by atomic mass is 32.2. The first-order valence-electron chi connectivity index (χ1n) is 11.1. The van der Waals surface area contributed by atoms with Gasteiger partial charge in [0.1, 0.15) is 5.75 Å². The first kappa shape index (κ1) is 26.6. The number of nitro benzene ring substituents is 1. The number of carbonyl (C=O) groups excluding carboxylic acids is 2. The summed E-state index contributed by atoms with van der Waals surface area (Å²) in [7, 11) is 2.97. The molecule has 3 aromatic rings. The molecule has 0 spiro atoms. The van der Waals surface area contributed by atoms with E-state index in [0.29, 0.717) is 39.1 Å². The first-order valence-corrected chi connectivity index (χ1v) is 12.3. The molecule has 4 rings (SSSR count). The number of thiocarbonyl (C=S) groups is 1. The molecule has 1 fully saturated rings. The predicted octanol–water partition coefficient (Wildman–Crippen LogP) is 5.04. The second-order valence-corrected chi connectivity index (χ2v) is 9.42. The van der Waals surface area contributed by atoms with E-state index in [0.717, 1.165) is 11.8 Å². The van der Waals surface area contributed by atoms with E-state index < -0.39 is 10.8 Å². The van der Waals surface area contributed by atoms with Gasteiger partial charge in [0, 0.05) is 12.1 Å². The number of anilines is 2. The molecule has 0 bridgehead atoms. The van der Waals surface area contributed by atoms with Crippen LogP contribution in [-0.4, -0.2) is 41.9 Å². The van der Waals surface area contributed by atoms with Crippen LogP contribution in [-0.2, 0) is 9.59 Å².